The van der Waals surface area contributed by atoms with Crippen molar-refractivity contribution in [1.82, 2.24) is 10.6 Å². The van der Waals surface area contributed by atoms with E-state index in [0.717, 1.165) is 92.0 Å². The van der Waals surface area contributed by atoms with Crippen LogP contribution in [0.25, 0.3) is 0 Å². The average Bonchev–Trinajstić information content (AvgIpc) is 0.760. The number of fused-ring (bicyclic) bond motifs is 1. The van der Waals surface area contributed by atoms with Crippen LogP contribution in [0.2, 0.25) is 0 Å². The number of methoxy groups -OCH3 is 1. The molecule has 2 N–H and O–H groups in total. The Morgan fingerprint density at radius 1 is 0.424 bits per heavy atom. The van der Waals surface area contributed by atoms with Gasteiger partial charge in [-0.15, -0.1) is 6.58 Å². The zero-order chi connectivity index (χ0) is 88.0. The van der Waals surface area contributed by atoms with E-state index in [4.69, 9.17) is 61.6 Å². The maximum absolute atomic E-state index is 15.6. The molecule has 0 radical (unpaired) electrons. The van der Waals surface area contributed by atoms with Gasteiger partial charge in [0.25, 0.3) is 0 Å². The normalized spacial score (nSPS) is 20.4. The number of nitrogens with one attached hydrogen (secondary N) is 2. The van der Waals surface area contributed by atoms with E-state index >= 15 is 9.59 Å². The van der Waals surface area contributed by atoms with Crippen molar-refractivity contribution in [2.75, 3.05) is 26.9 Å². The van der Waals surface area contributed by atoms with Crippen molar-refractivity contribution in [3.05, 3.63) is 186 Å². The molecule has 0 aromatic heterocycles. The number of benzene rings is 5. The van der Waals surface area contributed by atoms with Gasteiger partial charge in [-0.1, -0.05) is 411 Å². The molecule has 3 aliphatic heterocycles. The number of rotatable bonds is 71. The summed E-state index contributed by atoms with van der Waals surface area (Å²) in [5.74, 6) is -0.437. The van der Waals surface area contributed by atoms with Crippen molar-refractivity contribution >= 4 is 23.9 Å². The second-order valence-electron chi connectivity index (χ2n) is 35.1. The number of carbonyl (C=O) groups excluding carboxylic acids is 4. The highest BCUT2D eigenvalue weighted by atomic mass is 16.8. The summed E-state index contributed by atoms with van der Waals surface area (Å²) in [6, 6.07) is 43.8. The second-order valence-corrected chi connectivity index (χ2v) is 35.1. The molecule has 0 spiro atoms. The van der Waals surface area contributed by atoms with Crippen LogP contribution in [0.1, 0.15) is 350 Å². The fourth-order valence-corrected chi connectivity index (χ4v) is 17.2. The van der Waals surface area contributed by atoms with Gasteiger partial charge in [0.1, 0.15) is 61.1 Å². The predicted molar refractivity (Wildman–Crippen MR) is 496 cm³/mol. The molecule has 3 saturated heterocycles. The molecule has 0 aliphatic carbocycles. The maximum Gasteiger partial charge on any atom is 0.509 e. The van der Waals surface area contributed by atoms with Crippen LogP contribution >= 0.6 is 0 Å². The van der Waals surface area contributed by atoms with E-state index in [2.05, 4.69) is 38.0 Å². The summed E-state index contributed by atoms with van der Waals surface area (Å²) >= 11 is 0. The van der Waals surface area contributed by atoms with Crippen LogP contribution in [0.15, 0.2) is 158 Å². The molecule has 3 heterocycles. The van der Waals surface area contributed by atoms with Crippen molar-refractivity contribution < 1.29 is 80.8 Å². The summed E-state index contributed by atoms with van der Waals surface area (Å²) in [7, 11) is 1.62. The number of ether oxygens (including phenoxy) is 13. The minimum absolute atomic E-state index is 0.00306. The van der Waals surface area contributed by atoms with E-state index in [1.54, 1.807) is 13.2 Å². The second kappa shape index (κ2) is 65.5. The van der Waals surface area contributed by atoms with Crippen LogP contribution in [-0.4, -0.2) is 124 Å². The van der Waals surface area contributed by atoms with Gasteiger partial charge in [-0.25, -0.2) is 4.79 Å². The Balaban J connectivity index is 1.06. The Morgan fingerprint density at radius 2 is 0.832 bits per heavy atom. The third-order valence-corrected chi connectivity index (χ3v) is 24.5. The van der Waals surface area contributed by atoms with Gasteiger partial charge in [0.05, 0.1) is 65.7 Å². The first kappa shape index (κ1) is 103. The van der Waals surface area contributed by atoms with Crippen LogP contribution in [0.5, 0.6) is 5.75 Å². The third-order valence-electron chi connectivity index (χ3n) is 24.5. The zero-order valence-corrected chi connectivity index (χ0v) is 77.1. The summed E-state index contributed by atoms with van der Waals surface area (Å²) in [5, 5.41) is 6.60. The highest BCUT2D eigenvalue weighted by molar-refractivity contribution is 5.78. The Morgan fingerprint density at radius 3 is 1.31 bits per heavy atom. The fraction of sp³-hybridized carbons (Fsp3) is 0.660. The van der Waals surface area contributed by atoms with E-state index in [9.17, 15) is 9.59 Å². The monoisotopic (exact) mass is 1730 g/mol. The average molecular weight is 1730 g/mol. The summed E-state index contributed by atoms with van der Waals surface area (Å²) in [6.45, 7) is 10.7. The van der Waals surface area contributed by atoms with Gasteiger partial charge in [0.2, 0.25) is 11.8 Å². The first-order valence-electron chi connectivity index (χ1n) is 49.2. The number of esters is 1. The first-order valence-corrected chi connectivity index (χ1v) is 49.2. The molecule has 5 aromatic carbocycles. The van der Waals surface area contributed by atoms with Crippen molar-refractivity contribution in [1.29, 1.82) is 0 Å². The lowest BCUT2D eigenvalue weighted by molar-refractivity contribution is -0.355. The van der Waals surface area contributed by atoms with Gasteiger partial charge in [-0.2, -0.15) is 0 Å². The van der Waals surface area contributed by atoms with Gasteiger partial charge >= 0.3 is 12.1 Å². The predicted octanol–water partition coefficient (Wildman–Crippen LogP) is 25.1. The molecule has 3 aliphatic rings. The zero-order valence-electron chi connectivity index (χ0n) is 77.1. The Kier molecular flexibility index (Phi) is 54.1. The topological polar surface area (TPSA) is 212 Å². The smallest absolute Gasteiger partial charge is 0.497 e. The van der Waals surface area contributed by atoms with Gasteiger partial charge in [0.15, 0.2) is 25.0 Å². The maximum atomic E-state index is 15.6. The van der Waals surface area contributed by atoms with E-state index in [-0.39, 0.29) is 64.9 Å². The molecule has 0 saturated carbocycles. The van der Waals surface area contributed by atoms with Crippen molar-refractivity contribution in [2.24, 2.45) is 0 Å². The summed E-state index contributed by atoms with van der Waals surface area (Å²) in [6.07, 6.45) is 40.2. The molecule has 5 aromatic rings. The minimum atomic E-state index is -1.37. The van der Waals surface area contributed by atoms with Gasteiger partial charge in [-0.3, -0.25) is 14.4 Å². The van der Waals surface area contributed by atoms with Crippen molar-refractivity contribution in [2.45, 2.75) is 422 Å². The standard InChI is InChI=1S/C106H160N2O17/c1-6-10-13-16-19-22-25-28-29-32-35-38-41-44-59-70-96(111)121-91(69-58-43-40-37-34-31-27-24-21-18-15-12-8-3)77-95(110)107-97-101(117-80-87-71-73-89(113-5)74-72-87)100-93(83-118-103(124-100)88-66-55-48-56-67-88)123-105(97)119-82-92-99(116-79-85-62-51-46-52-63-85)102(125-106(112)120-81-86-64-53-47-54-65-86)98(104(122-92)114-75-9-4)108-94(109)76-90(115-78-84-60-49-45-50-61-84)68-57-42-39-36-33-30-26-23-20-17-14-11-7-2/h9,45-56,60-67,71-74,90-93,97-105H,4,6-8,10-44,57-59,68-70,75-83H2,1-3,5H3,(H,107,110)(H,108,109)/t90-,91-,92-,93-,97-,98-,99-,100-,101-,102-,103-,104+,105-/m1/s1. The molecule has 13 atom stereocenters. The quantitative estimate of drug-likeness (QED) is 0.0210. The number of hydrogen-bond donors (Lipinski definition) is 2. The summed E-state index contributed by atoms with van der Waals surface area (Å²) < 4.78 is 86.9. The van der Waals surface area contributed by atoms with Gasteiger partial charge in [-0.05, 0) is 60.1 Å². The lowest BCUT2D eigenvalue weighted by Gasteiger charge is -2.50. The molecule has 0 bridgehead atoms. The SMILES string of the molecule is C=CCO[C@H]1O[C@H](CO[C@@H]2O[C@@H]3CO[C@@H](c4ccccc4)O[C@H]3[C@H](OCc3ccc(OC)cc3)[C@H]2NC(=O)C[C@@H](CCCCCCCCCCCCCCC)OC(=O)CCCCCCCCCCCCCCCCC)[C@@H](OCc2ccccc2)[C@H](OC(=O)OCc2ccccc2)[C@H]1NC(=O)C[C@@H](CCCCCCCCCCCCCCC)OCc1ccccc1. The number of unbranched alkanes of at least 4 members (excludes halogenated alkanes) is 38. The molecule has 0 unspecified atom stereocenters. The Bertz CT molecular complexity index is 3540. The summed E-state index contributed by atoms with van der Waals surface area (Å²) in [5.41, 5.74) is 4.11. The molecular formula is C106H160N2O17. The molecule has 3 fully saturated rings. The van der Waals surface area contributed by atoms with E-state index < -0.39 is 97.8 Å². The van der Waals surface area contributed by atoms with Crippen LogP contribution in [0.4, 0.5) is 4.79 Å². The molecule has 19 heteroatoms. The van der Waals surface area contributed by atoms with E-state index in [1.807, 2.05) is 146 Å². The van der Waals surface area contributed by atoms with Gasteiger partial charge < -0.3 is 72.2 Å². The van der Waals surface area contributed by atoms with Crippen LogP contribution in [-0.2, 0) is 97.7 Å². The van der Waals surface area contributed by atoms with Gasteiger partial charge in [0, 0.05) is 12.0 Å². The first-order chi connectivity index (χ1) is 61.5. The highest BCUT2D eigenvalue weighted by Gasteiger charge is 2.55. The van der Waals surface area contributed by atoms with Crippen LogP contribution in [0.3, 0.4) is 0 Å². The van der Waals surface area contributed by atoms with Crippen LogP contribution < -0.4 is 15.4 Å². The lowest BCUT2D eigenvalue weighted by atomic mass is 9.94. The van der Waals surface area contributed by atoms with E-state index in [0.29, 0.717) is 31.6 Å². The van der Waals surface area contributed by atoms with E-state index in [1.165, 1.54) is 193 Å². The number of amides is 2. The molecule has 19 nitrogen and oxygen atoms in total. The molecular weight excluding hydrogens is 1570 g/mol. The highest BCUT2D eigenvalue weighted by Crippen LogP contribution is 2.38. The lowest BCUT2D eigenvalue weighted by Crippen LogP contribution is -2.69. The molecule has 696 valence electrons. The largest absolute Gasteiger partial charge is 0.509 e. The van der Waals surface area contributed by atoms with Crippen LogP contribution in [0, 0.1) is 0 Å². The third kappa shape index (κ3) is 42.8. The Labute approximate surface area is 752 Å². The molecule has 125 heavy (non-hydrogen) atoms. The minimum Gasteiger partial charge on any atom is -0.497 e. The Hall–Kier alpha value is -7.04. The number of carbonyl (C=O) groups is 4. The summed E-state index contributed by atoms with van der Waals surface area (Å²) in [4.78, 5) is 59.6. The molecule has 2 amide bonds. The number of hydrogen-bond acceptors (Lipinski definition) is 17. The van der Waals surface area contributed by atoms with Crippen molar-refractivity contribution in [3.63, 3.8) is 0 Å². The van der Waals surface area contributed by atoms with Crippen molar-refractivity contribution in [3.8, 4) is 5.75 Å². The molecule has 8 rings (SSSR count). The fourth-order valence-electron chi connectivity index (χ4n) is 17.2.